The molecule has 3 aromatic heterocycles. The molecule has 2 N–H and O–H groups in total. The lowest BCUT2D eigenvalue weighted by Crippen LogP contribution is -2.39. The van der Waals surface area contributed by atoms with Crippen molar-refractivity contribution in [2.75, 3.05) is 6.54 Å². The molecule has 9 nitrogen and oxygen atoms in total. The number of hydrogen-bond acceptors (Lipinski definition) is 5. The van der Waals surface area contributed by atoms with Gasteiger partial charge in [-0.15, -0.1) is 5.10 Å². The normalized spacial score (nSPS) is 16.8. The number of H-pyrrole nitrogens is 1. The first-order valence-corrected chi connectivity index (χ1v) is 7.66. The third-order valence-corrected chi connectivity index (χ3v) is 4.07. The molecule has 1 amide bonds. The maximum atomic E-state index is 11.9. The summed E-state index contributed by atoms with van der Waals surface area (Å²) in [7, 11) is 1.86. The van der Waals surface area contributed by atoms with Crippen LogP contribution in [0.1, 0.15) is 16.2 Å². The van der Waals surface area contributed by atoms with E-state index in [0.717, 1.165) is 17.1 Å². The van der Waals surface area contributed by atoms with Gasteiger partial charge in [-0.25, -0.2) is 4.68 Å². The number of hydrogen-bond donors (Lipinski definition) is 2. The summed E-state index contributed by atoms with van der Waals surface area (Å²) in [5.74, 6) is -0.149. The Balaban J connectivity index is 1.43. The van der Waals surface area contributed by atoms with Gasteiger partial charge >= 0.3 is 0 Å². The fourth-order valence-electron chi connectivity index (χ4n) is 2.77. The Morgan fingerprint density at radius 2 is 2.42 bits per heavy atom. The highest BCUT2D eigenvalue weighted by Crippen LogP contribution is 2.24. The molecule has 1 aliphatic rings. The summed E-state index contributed by atoms with van der Waals surface area (Å²) in [5.41, 5.74) is 3.14. The van der Waals surface area contributed by atoms with E-state index in [4.69, 9.17) is 4.74 Å². The van der Waals surface area contributed by atoms with Crippen molar-refractivity contribution in [3.63, 3.8) is 0 Å². The van der Waals surface area contributed by atoms with Crippen molar-refractivity contribution in [3.05, 3.63) is 42.0 Å². The highest BCUT2D eigenvalue weighted by Gasteiger charge is 2.25. The maximum Gasteiger partial charge on any atom is 0.267 e. The van der Waals surface area contributed by atoms with Gasteiger partial charge in [0.25, 0.3) is 5.91 Å². The van der Waals surface area contributed by atoms with Crippen LogP contribution in [0, 0.1) is 0 Å². The van der Waals surface area contributed by atoms with E-state index in [-0.39, 0.29) is 12.0 Å². The van der Waals surface area contributed by atoms with Gasteiger partial charge < -0.3 is 15.0 Å². The number of carbonyl (C=O) groups is 1. The van der Waals surface area contributed by atoms with Crippen LogP contribution in [0.15, 0.2) is 30.6 Å². The average Bonchev–Trinajstić information content (AvgIpc) is 3.32. The van der Waals surface area contributed by atoms with E-state index >= 15 is 0 Å². The fraction of sp³-hybridized carbons (Fsp3) is 0.333. The number of nitrogens with zero attached hydrogens (tertiary/aromatic N) is 5. The van der Waals surface area contributed by atoms with Gasteiger partial charge in [-0.05, 0) is 18.2 Å². The molecule has 3 aromatic rings. The van der Waals surface area contributed by atoms with Crippen molar-refractivity contribution < 1.29 is 9.53 Å². The number of rotatable bonds is 4. The summed E-state index contributed by atoms with van der Waals surface area (Å²) in [6, 6.07) is 5.41. The van der Waals surface area contributed by atoms with Crippen LogP contribution in [-0.2, 0) is 24.9 Å². The van der Waals surface area contributed by atoms with Gasteiger partial charge in [-0.2, -0.15) is 5.10 Å². The summed E-state index contributed by atoms with van der Waals surface area (Å²) >= 11 is 0. The number of nitrogens with one attached hydrogen (secondary N) is 2. The fourth-order valence-corrected chi connectivity index (χ4v) is 2.77. The third-order valence-electron chi connectivity index (χ3n) is 4.07. The molecule has 0 unspecified atom stereocenters. The summed E-state index contributed by atoms with van der Waals surface area (Å²) in [5, 5.41) is 15.5. The van der Waals surface area contributed by atoms with Crippen LogP contribution in [0.3, 0.4) is 0 Å². The smallest absolute Gasteiger partial charge is 0.267 e. The second-order valence-corrected chi connectivity index (χ2v) is 5.63. The molecule has 9 heteroatoms. The van der Waals surface area contributed by atoms with Gasteiger partial charge in [0, 0.05) is 26.0 Å². The molecule has 0 saturated heterocycles. The number of carbonyl (C=O) groups excluding carboxylic acids is 1. The van der Waals surface area contributed by atoms with Crippen molar-refractivity contribution in [2.24, 2.45) is 7.05 Å². The number of fused-ring (bicyclic) bond motifs is 1. The second kappa shape index (κ2) is 5.93. The lowest BCUT2D eigenvalue weighted by Gasteiger charge is -2.24. The second-order valence-electron chi connectivity index (χ2n) is 5.63. The lowest BCUT2D eigenvalue weighted by molar-refractivity contribution is 0.00172. The lowest BCUT2D eigenvalue weighted by atomic mass is 10.2. The Morgan fingerprint density at radius 1 is 1.50 bits per heavy atom. The Bertz CT molecular complexity index is 849. The van der Waals surface area contributed by atoms with Crippen molar-refractivity contribution in [1.29, 1.82) is 0 Å². The number of aryl methyl sites for hydroxylation is 1. The Labute approximate surface area is 137 Å². The summed E-state index contributed by atoms with van der Waals surface area (Å²) in [4.78, 5) is 14.8. The van der Waals surface area contributed by atoms with E-state index in [9.17, 15) is 4.79 Å². The van der Waals surface area contributed by atoms with Crippen molar-refractivity contribution in [1.82, 2.24) is 35.1 Å². The molecule has 0 spiro atoms. The molecule has 0 fully saturated rings. The summed E-state index contributed by atoms with van der Waals surface area (Å²) in [6.45, 7) is 1.36. The molecule has 24 heavy (non-hydrogen) atoms. The predicted molar refractivity (Wildman–Crippen MR) is 83.9 cm³/mol. The van der Waals surface area contributed by atoms with Crippen LogP contribution >= 0.6 is 0 Å². The molecule has 0 radical (unpaired) electrons. The zero-order chi connectivity index (χ0) is 16.5. The first-order chi connectivity index (χ1) is 11.7. The average molecular weight is 327 g/mol. The molecular weight excluding hydrogens is 310 g/mol. The van der Waals surface area contributed by atoms with Gasteiger partial charge in [-0.3, -0.25) is 9.48 Å². The minimum Gasteiger partial charge on any atom is -0.368 e. The Hall–Kier alpha value is -2.94. The van der Waals surface area contributed by atoms with Crippen LogP contribution in [0.25, 0.3) is 11.4 Å². The molecule has 0 saturated carbocycles. The van der Waals surface area contributed by atoms with E-state index in [1.54, 1.807) is 29.2 Å². The monoisotopic (exact) mass is 327 g/mol. The molecule has 4 heterocycles. The zero-order valence-electron chi connectivity index (χ0n) is 13.1. The van der Waals surface area contributed by atoms with E-state index in [0.29, 0.717) is 25.4 Å². The molecule has 0 aliphatic carbocycles. The van der Waals surface area contributed by atoms with Crippen molar-refractivity contribution in [3.8, 4) is 11.4 Å². The van der Waals surface area contributed by atoms with Crippen LogP contribution in [0.4, 0.5) is 0 Å². The Kier molecular flexibility index (Phi) is 3.62. The Morgan fingerprint density at radius 3 is 3.17 bits per heavy atom. The summed E-state index contributed by atoms with van der Waals surface area (Å²) < 4.78 is 9.44. The van der Waals surface area contributed by atoms with Gasteiger partial charge in [0.1, 0.15) is 11.4 Å². The number of amides is 1. The van der Waals surface area contributed by atoms with Gasteiger partial charge in [0.2, 0.25) is 0 Å². The number of aromatic nitrogens is 6. The molecule has 4 rings (SSSR count). The van der Waals surface area contributed by atoms with E-state index in [2.05, 4.69) is 25.7 Å². The number of aromatic amines is 1. The predicted octanol–water partition coefficient (Wildman–Crippen LogP) is 0.335. The largest absolute Gasteiger partial charge is 0.368 e. The first-order valence-electron chi connectivity index (χ1n) is 7.66. The first kappa shape index (κ1) is 14.6. The quantitative estimate of drug-likeness (QED) is 0.719. The molecule has 124 valence electrons. The topological polar surface area (TPSA) is 103 Å². The van der Waals surface area contributed by atoms with Crippen LogP contribution in [0.2, 0.25) is 0 Å². The molecular formula is C15H17N7O2. The van der Waals surface area contributed by atoms with Crippen LogP contribution < -0.4 is 5.32 Å². The molecule has 1 atom stereocenters. The summed E-state index contributed by atoms with van der Waals surface area (Å²) in [6.07, 6.45) is 3.30. The van der Waals surface area contributed by atoms with Crippen LogP contribution in [-0.4, -0.2) is 48.3 Å². The van der Waals surface area contributed by atoms with E-state index in [1.165, 1.54) is 0 Å². The highest BCUT2D eigenvalue weighted by molar-refractivity contribution is 5.92. The van der Waals surface area contributed by atoms with Crippen molar-refractivity contribution in [2.45, 2.75) is 19.3 Å². The molecule has 1 aliphatic heterocycles. The van der Waals surface area contributed by atoms with Crippen LogP contribution in [0.5, 0.6) is 0 Å². The van der Waals surface area contributed by atoms with E-state index in [1.807, 2.05) is 17.8 Å². The minimum atomic E-state index is -0.149. The van der Waals surface area contributed by atoms with Crippen molar-refractivity contribution >= 4 is 5.91 Å². The van der Waals surface area contributed by atoms with Gasteiger partial charge in [0.15, 0.2) is 0 Å². The third kappa shape index (κ3) is 2.58. The number of ether oxygens (including phenoxy) is 1. The van der Waals surface area contributed by atoms with Gasteiger partial charge in [0.05, 0.1) is 30.6 Å². The highest BCUT2D eigenvalue weighted by atomic mass is 16.5. The molecule has 0 bridgehead atoms. The van der Waals surface area contributed by atoms with E-state index < -0.39 is 0 Å². The van der Waals surface area contributed by atoms with Gasteiger partial charge in [-0.1, -0.05) is 5.21 Å². The molecule has 0 aromatic carbocycles. The zero-order valence-corrected chi connectivity index (χ0v) is 13.1. The standard InChI is InChI=1S/C15H17N7O2/c1-21-12(4-6-18-21)14-13-9-24-10(8-22(13)20-19-14)7-17-15(23)11-3-2-5-16-11/h2-6,10,16H,7-9H2,1H3,(H,17,23)/t10-/m1/s1. The maximum absolute atomic E-state index is 11.9. The SMILES string of the molecule is Cn1nccc1-c1nnn2c1CO[C@H](CNC(=O)c1ccc[nH]1)C2. The minimum absolute atomic E-state index is 0.141.